The van der Waals surface area contributed by atoms with Crippen LogP contribution in [0.25, 0.3) is 21.8 Å². The number of ether oxygens (including phenoxy) is 1. The SMILES string of the molecule is Nc1ncccc1-c1nc(-c2ccc3c(c2)NC(=O)CO3)cs1. The third-order valence-electron chi connectivity index (χ3n) is 3.48. The van der Waals surface area contributed by atoms with Crippen LogP contribution in [0.2, 0.25) is 0 Å². The molecule has 3 heterocycles. The van der Waals surface area contributed by atoms with Crippen molar-refractivity contribution >= 4 is 28.7 Å². The maximum absolute atomic E-state index is 11.4. The van der Waals surface area contributed by atoms with E-state index in [1.165, 1.54) is 11.3 Å². The maximum Gasteiger partial charge on any atom is 0.262 e. The van der Waals surface area contributed by atoms with Gasteiger partial charge in [0.25, 0.3) is 5.91 Å². The summed E-state index contributed by atoms with van der Waals surface area (Å²) in [6.07, 6.45) is 1.65. The highest BCUT2D eigenvalue weighted by molar-refractivity contribution is 7.13. The molecular formula is C16H12N4O2S. The summed E-state index contributed by atoms with van der Waals surface area (Å²) in [4.78, 5) is 20.1. The largest absolute Gasteiger partial charge is 0.482 e. The fourth-order valence-electron chi connectivity index (χ4n) is 2.37. The average molecular weight is 324 g/mol. The van der Waals surface area contributed by atoms with Crippen LogP contribution in [-0.4, -0.2) is 22.5 Å². The van der Waals surface area contributed by atoms with Crippen molar-refractivity contribution in [1.29, 1.82) is 0 Å². The van der Waals surface area contributed by atoms with E-state index in [1.807, 2.05) is 35.7 Å². The summed E-state index contributed by atoms with van der Waals surface area (Å²) in [5.41, 5.74) is 9.10. The molecule has 0 radical (unpaired) electrons. The number of pyridine rings is 1. The number of hydrogen-bond acceptors (Lipinski definition) is 6. The first kappa shape index (κ1) is 13.7. The molecule has 2 aromatic heterocycles. The number of anilines is 2. The zero-order valence-electron chi connectivity index (χ0n) is 11.9. The normalized spacial score (nSPS) is 13.1. The number of nitrogens with zero attached hydrogens (tertiary/aromatic N) is 2. The van der Waals surface area contributed by atoms with Crippen molar-refractivity contribution in [3.05, 3.63) is 41.9 Å². The van der Waals surface area contributed by atoms with Crippen LogP contribution >= 0.6 is 11.3 Å². The van der Waals surface area contributed by atoms with Crippen LogP contribution < -0.4 is 15.8 Å². The Balaban J connectivity index is 1.71. The zero-order chi connectivity index (χ0) is 15.8. The molecule has 7 heteroatoms. The molecule has 1 aromatic carbocycles. The fourth-order valence-corrected chi connectivity index (χ4v) is 3.23. The number of hydrogen-bond donors (Lipinski definition) is 2. The number of fused-ring (bicyclic) bond motifs is 1. The van der Waals surface area contributed by atoms with E-state index in [2.05, 4.69) is 15.3 Å². The highest BCUT2D eigenvalue weighted by Crippen LogP contribution is 2.35. The standard InChI is InChI=1S/C16H12N4O2S/c17-15-10(2-1-5-18-15)16-20-12(8-23-16)9-3-4-13-11(6-9)19-14(21)7-22-13/h1-6,8H,7H2,(H2,17,18)(H,19,21). The number of rotatable bonds is 2. The third-order valence-corrected chi connectivity index (χ3v) is 4.36. The van der Waals surface area contributed by atoms with E-state index >= 15 is 0 Å². The first-order valence-electron chi connectivity index (χ1n) is 6.94. The van der Waals surface area contributed by atoms with Crippen molar-refractivity contribution in [2.24, 2.45) is 0 Å². The van der Waals surface area contributed by atoms with Crippen molar-refractivity contribution in [1.82, 2.24) is 9.97 Å². The number of carbonyl (C=O) groups excluding carboxylic acids is 1. The Hall–Kier alpha value is -2.93. The van der Waals surface area contributed by atoms with E-state index in [9.17, 15) is 4.79 Å². The van der Waals surface area contributed by atoms with Gasteiger partial charge in [0.05, 0.1) is 16.9 Å². The second-order valence-corrected chi connectivity index (χ2v) is 5.88. The minimum Gasteiger partial charge on any atom is -0.482 e. The Kier molecular flexibility index (Phi) is 3.20. The van der Waals surface area contributed by atoms with Gasteiger partial charge in [0, 0.05) is 17.1 Å². The average Bonchev–Trinajstić information content (AvgIpc) is 3.04. The van der Waals surface area contributed by atoms with E-state index < -0.39 is 0 Å². The first-order chi connectivity index (χ1) is 11.2. The topological polar surface area (TPSA) is 90.1 Å². The molecule has 0 saturated carbocycles. The summed E-state index contributed by atoms with van der Waals surface area (Å²) >= 11 is 1.50. The lowest BCUT2D eigenvalue weighted by Crippen LogP contribution is -2.25. The van der Waals surface area contributed by atoms with Gasteiger partial charge in [-0.25, -0.2) is 9.97 Å². The minimum atomic E-state index is -0.156. The zero-order valence-corrected chi connectivity index (χ0v) is 12.8. The lowest BCUT2D eigenvalue weighted by atomic mass is 10.1. The molecule has 1 aliphatic rings. The quantitative estimate of drug-likeness (QED) is 0.756. The van der Waals surface area contributed by atoms with Crippen LogP contribution in [0.15, 0.2) is 41.9 Å². The number of amides is 1. The van der Waals surface area contributed by atoms with Gasteiger partial charge < -0.3 is 15.8 Å². The summed E-state index contributed by atoms with van der Waals surface area (Å²) in [5.74, 6) is 0.969. The van der Waals surface area contributed by atoms with Gasteiger partial charge in [0.15, 0.2) is 6.61 Å². The molecule has 0 bridgehead atoms. The van der Waals surface area contributed by atoms with Gasteiger partial charge in [-0.15, -0.1) is 11.3 Å². The number of benzene rings is 1. The predicted octanol–water partition coefficient (Wildman–Crippen LogP) is 2.79. The van der Waals surface area contributed by atoms with Crippen molar-refractivity contribution in [2.45, 2.75) is 0 Å². The Bertz CT molecular complexity index is 907. The second-order valence-electron chi connectivity index (χ2n) is 5.02. The van der Waals surface area contributed by atoms with Crippen LogP contribution in [0.3, 0.4) is 0 Å². The van der Waals surface area contributed by atoms with E-state index in [0.29, 0.717) is 17.3 Å². The lowest BCUT2D eigenvalue weighted by molar-refractivity contribution is -0.118. The third kappa shape index (κ3) is 2.51. The van der Waals surface area contributed by atoms with Gasteiger partial charge in [0.2, 0.25) is 0 Å². The molecule has 3 N–H and O–H groups in total. The second kappa shape index (κ2) is 5.36. The summed E-state index contributed by atoms with van der Waals surface area (Å²) in [7, 11) is 0. The molecule has 0 spiro atoms. The summed E-state index contributed by atoms with van der Waals surface area (Å²) in [6.45, 7) is 0.0491. The van der Waals surface area contributed by atoms with Gasteiger partial charge in [-0.05, 0) is 30.3 Å². The maximum atomic E-state index is 11.4. The van der Waals surface area contributed by atoms with Crippen molar-refractivity contribution in [2.75, 3.05) is 17.7 Å². The van der Waals surface area contributed by atoms with E-state index in [4.69, 9.17) is 10.5 Å². The van der Waals surface area contributed by atoms with Crippen molar-refractivity contribution in [3.8, 4) is 27.6 Å². The van der Waals surface area contributed by atoms with Crippen molar-refractivity contribution in [3.63, 3.8) is 0 Å². The van der Waals surface area contributed by atoms with Crippen LogP contribution in [0.4, 0.5) is 11.5 Å². The Morgan fingerprint density at radius 3 is 3.09 bits per heavy atom. The van der Waals surface area contributed by atoms with Crippen LogP contribution in [-0.2, 0) is 4.79 Å². The van der Waals surface area contributed by atoms with Crippen LogP contribution in [0.5, 0.6) is 5.75 Å². The number of nitrogens with one attached hydrogen (secondary N) is 1. The monoisotopic (exact) mass is 324 g/mol. The summed E-state index contributed by atoms with van der Waals surface area (Å²) < 4.78 is 5.36. The molecule has 1 amide bonds. The number of thiazole rings is 1. The molecule has 6 nitrogen and oxygen atoms in total. The van der Waals surface area contributed by atoms with E-state index in [1.54, 1.807) is 6.20 Å². The molecule has 0 atom stereocenters. The van der Waals surface area contributed by atoms with E-state index in [0.717, 1.165) is 21.8 Å². The number of nitrogens with two attached hydrogens (primary N) is 1. The highest BCUT2D eigenvalue weighted by atomic mass is 32.1. The Morgan fingerprint density at radius 2 is 2.22 bits per heavy atom. The summed E-state index contributed by atoms with van der Waals surface area (Å²) in [6, 6.07) is 9.34. The molecule has 3 aromatic rings. The van der Waals surface area contributed by atoms with Gasteiger partial charge in [-0.1, -0.05) is 0 Å². The molecule has 0 fully saturated rings. The highest BCUT2D eigenvalue weighted by Gasteiger charge is 2.17. The van der Waals surface area contributed by atoms with Gasteiger partial charge in [-0.3, -0.25) is 4.79 Å². The Morgan fingerprint density at radius 1 is 1.30 bits per heavy atom. The molecule has 1 aliphatic heterocycles. The minimum absolute atomic E-state index is 0.0491. The molecule has 0 saturated heterocycles. The number of carbonyl (C=O) groups is 1. The van der Waals surface area contributed by atoms with Crippen LogP contribution in [0, 0.1) is 0 Å². The van der Waals surface area contributed by atoms with Crippen molar-refractivity contribution < 1.29 is 9.53 Å². The van der Waals surface area contributed by atoms with Gasteiger partial charge in [-0.2, -0.15) is 0 Å². The van der Waals surface area contributed by atoms with Gasteiger partial charge >= 0.3 is 0 Å². The fraction of sp³-hybridized carbons (Fsp3) is 0.0625. The molecular weight excluding hydrogens is 312 g/mol. The molecule has 114 valence electrons. The smallest absolute Gasteiger partial charge is 0.262 e. The molecule has 4 rings (SSSR count). The molecule has 23 heavy (non-hydrogen) atoms. The number of aromatic nitrogens is 2. The lowest BCUT2D eigenvalue weighted by Gasteiger charge is -2.18. The van der Waals surface area contributed by atoms with Crippen LogP contribution in [0.1, 0.15) is 0 Å². The van der Waals surface area contributed by atoms with E-state index in [-0.39, 0.29) is 12.5 Å². The first-order valence-corrected chi connectivity index (χ1v) is 7.82. The summed E-state index contributed by atoms with van der Waals surface area (Å²) in [5, 5.41) is 5.56. The number of nitrogen functional groups attached to an aromatic ring is 1. The Labute approximate surface area is 136 Å². The molecule has 0 unspecified atom stereocenters. The molecule has 0 aliphatic carbocycles. The predicted molar refractivity (Wildman–Crippen MR) is 89.3 cm³/mol. The van der Waals surface area contributed by atoms with Gasteiger partial charge in [0.1, 0.15) is 16.6 Å².